The number of nitrogens with one attached hydrogen (secondary N) is 1. The third-order valence-electron chi connectivity index (χ3n) is 2.73. The molecule has 108 valence electrons. The second-order valence-corrected chi connectivity index (χ2v) is 7.83. The lowest BCUT2D eigenvalue weighted by molar-refractivity contribution is 0.603. The van der Waals surface area contributed by atoms with Gasteiger partial charge in [-0.05, 0) is 45.6 Å². The van der Waals surface area contributed by atoms with Gasteiger partial charge in [0, 0.05) is 22.6 Å². The van der Waals surface area contributed by atoms with Gasteiger partial charge in [0.15, 0.2) is 4.21 Å². The maximum atomic E-state index is 12.3. The van der Waals surface area contributed by atoms with Crippen LogP contribution in [0.1, 0.15) is 0 Å². The highest BCUT2D eigenvalue weighted by Crippen LogP contribution is 2.29. The molecule has 5 nitrogen and oxygen atoms in total. The van der Waals surface area contributed by atoms with Crippen molar-refractivity contribution in [1.82, 2.24) is 9.55 Å². The molecule has 0 aliphatic heterocycles. The summed E-state index contributed by atoms with van der Waals surface area (Å²) in [5, 5.41) is 1.72. The molecule has 2 heterocycles. The molecule has 0 aliphatic carbocycles. The number of sulfonamides is 1. The molecule has 2 aromatic heterocycles. The van der Waals surface area contributed by atoms with Crippen LogP contribution in [0.5, 0.6) is 0 Å². The summed E-state index contributed by atoms with van der Waals surface area (Å²) < 4.78 is 29.9. The van der Waals surface area contributed by atoms with Crippen LogP contribution in [0.4, 0.5) is 5.69 Å². The molecule has 0 fully saturated rings. The van der Waals surface area contributed by atoms with Crippen molar-refractivity contribution in [3.05, 3.63) is 58.9 Å². The predicted octanol–water partition coefficient (Wildman–Crippen LogP) is 3.50. The quantitative estimate of drug-likeness (QED) is 0.749. The Kier molecular flexibility index (Phi) is 3.83. The summed E-state index contributed by atoms with van der Waals surface area (Å²) in [6.45, 7) is 0. The molecule has 0 amide bonds. The molecule has 0 saturated carbocycles. The van der Waals surface area contributed by atoms with Crippen LogP contribution in [0.25, 0.3) is 5.69 Å². The van der Waals surface area contributed by atoms with E-state index in [4.69, 9.17) is 0 Å². The van der Waals surface area contributed by atoms with Crippen LogP contribution in [0, 0.1) is 0 Å². The minimum atomic E-state index is -3.59. The molecular formula is C13H10BrN3O2S2. The molecule has 0 aliphatic rings. The zero-order valence-electron chi connectivity index (χ0n) is 10.6. The van der Waals surface area contributed by atoms with Crippen LogP contribution in [0.15, 0.2) is 63.1 Å². The van der Waals surface area contributed by atoms with Crippen molar-refractivity contribution in [3.8, 4) is 5.69 Å². The van der Waals surface area contributed by atoms with Gasteiger partial charge in [-0.25, -0.2) is 13.4 Å². The maximum absolute atomic E-state index is 12.3. The molecule has 0 radical (unpaired) electrons. The number of benzene rings is 1. The van der Waals surface area contributed by atoms with Crippen LogP contribution in [-0.4, -0.2) is 18.0 Å². The molecule has 3 rings (SSSR count). The smallest absolute Gasteiger partial charge is 0.272 e. The SMILES string of the molecule is O=S(=O)(Nc1cccc(-n2ccnc2)c1)c1sccc1Br. The Labute approximate surface area is 134 Å². The molecule has 0 unspecified atom stereocenters. The summed E-state index contributed by atoms with van der Waals surface area (Å²) in [7, 11) is -3.59. The summed E-state index contributed by atoms with van der Waals surface area (Å²) in [6, 6.07) is 8.83. The fourth-order valence-corrected chi connectivity index (χ4v) is 5.20. The summed E-state index contributed by atoms with van der Waals surface area (Å²) in [6.07, 6.45) is 5.12. The highest BCUT2D eigenvalue weighted by molar-refractivity contribution is 9.10. The molecule has 21 heavy (non-hydrogen) atoms. The zero-order valence-corrected chi connectivity index (χ0v) is 13.8. The Morgan fingerprint density at radius 1 is 1.29 bits per heavy atom. The van der Waals surface area contributed by atoms with Crippen LogP contribution in [0.3, 0.4) is 0 Å². The summed E-state index contributed by atoms with van der Waals surface area (Å²) in [4.78, 5) is 3.97. The monoisotopic (exact) mass is 383 g/mol. The van der Waals surface area contributed by atoms with Gasteiger partial charge in [-0.3, -0.25) is 4.72 Å². The van der Waals surface area contributed by atoms with Crippen molar-refractivity contribution < 1.29 is 8.42 Å². The molecule has 0 bridgehead atoms. The average molecular weight is 384 g/mol. The lowest BCUT2D eigenvalue weighted by Gasteiger charge is -2.09. The van der Waals surface area contributed by atoms with E-state index in [-0.39, 0.29) is 4.21 Å². The first-order valence-corrected chi connectivity index (χ1v) is 9.06. The van der Waals surface area contributed by atoms with Crippen molar-refractivity contribution in [2.24, 2.45) is 0 Å². The van der Waals surface area contributed by atoms with Crippen LogP contribution in [0.2, 0.25) is 0 Å². The fourth-order valence-electron chi connectivity index (χ4n) is 1.81. The second-order valence-electron chi connectivity index (χ2n) is 4.18. The minimum absolute atomic E-state index is 0.260. The van der Waals surface area contributed by atoms with E-state index < -0.39 is 10.0 Å². The van der Waals surface area contributed by atoms with E-state index in [0.29, 0.717) is 10.2 Å². The van der Waals surface area contributed by atoms with Gasteiger partial charge >= 0.3 is 0 Å². The molecule has 8 heteroatoms. The van der Waals surface area contributed by atoms with Gasteiger partial charge in [-0.15, -0.1) is 11.3 Å². The number of rotatable bonds is 4. The van der Waals surface area contributed by atoms with Crippen LogP contribution >= 0.6 is 27.3 Å². The van der Waals surface area contributed by atoms with Crippen LogP contribution < -0.4 is 4.72 Å². The van der Waals surface area contributed by atoms with Crippen molar-refractivity contribution in [2.75, 3.05) is 4.72 Å². The summed E-state index contributed by atoms with van der Waals surface area (Å²) >= 11 is 4.41. The van der Waals surface area contributed by atoms with Crippen LogP contribution in [-0.2, 0) is 10.0 Å². The van der Waals surface area contributed by atoms with Crippen molar-refractivity contribution in [3.63, 3.8) is 0 Å². The van der Waals surface area contributed by atoms with Gasteiger partial charge in [-0.2, -0.15) is 0 Å². The van der Waals surface area contributed by atoms with Gasteiger partial charge < -0.3 is 4.57 Å². The van der Waals surface area contributed by atoms with E-state index in [2.05, 4.69) is 25.6 Å². The fraction of sp³-hybridized carbons (Fsp3) is 0. The first-order valence-electron chi connectivity index (χ1n) is 5.90. The van der Waals surface area contributed by atoms with Gasteiger partial charge in [0.25, 0.3) is 10.0 Å². The molecule has 0 saturated heterocycles. The van der Waals surface area contributed by atoms with E-state index in [1.807, 2.05) is 6.07 Å². The van der Waals surface area contributed by atoms with Gasteiger partial charge in [-0.1, -0.05) is 6.07 Å². The van der Waals surface area contributed by atoms with Gasteiger partial charge in [0.1, 0.15) is 0 Å². The molecule has 0 atom stereocenters. The van der Waals surface area contributed by atoms with Crippen molar-refractivity contribution in [2.45, 2.75) is 4.21 Å². The standard InChI is InChI=1S/C13H10BrN3O2S2/c14-12-4-7-20-13(12)21(18,19)16-10-2-1-3-11(8-10)17-6-5-15-9-17/h1-9,16H. The largest absolute Gasteiger partial charge is 0.306 e. The normalized spacial score (nSPS) is 11.5. The van der Waals surface area contributed by atoms with Gasteiger partial charge in [0.05, 0.1) is 12.0 Å². The Balaban J connectivity index is 1.92. The average Bonchev–Trinajstić information content (AvgIpc) is 3.09. The highest BCUT2D eigenvalue weighted by atomic mass is 79.9. The Morgan fingerprint density at radius 2 is 2.14 bits per heavy atom. The summed E-state index contributed by atoms with van der Waals surface area (Å²) in [5.74, 6) is 0. The van der Waals surface area contributed by atoms with Crippen molar-refractivity contribution in [1.29, 1.82) is 0 Å². The Bertz CT molecular complexity index is 857. The number of aromatic nitrogens is 2. The van der Waals surface area contributed by atoms with E-state index >= 15 is 0 Å². The molecule has 1 N–H and O–H groups in total. The zero-order chi connectivity index (χ0) is 14.9. The second kappa shape index (κ2) is 5.63. The number of imidazole rings is 1. The Morgan fingerprint density at radius 3 is 2.81 bits per heavy atom. The number of hydrogen-bond acceptors (Lipinski definition) is 4. The lowest BCUT2D eigenvalue weighted by Crippen LogP contribution is -2.12. The highest BCUT2D eigenvalue weighted by Gasteiger charge is 2.19. The van der Waals surface area contributed by atoms with Gasteiger partial charge in [0.2, 0.25) is 0 Å². The number of anilines is 1. The lowest BCUT2D eigenvalue weighted by atomic mass is 10.3. The topological polar surface area (TPSA) is 64.0 Å². The molecule has 0 spiro atoms. The molecule has 1 aromatic carbocycles. The Hall–Kier alpha value is -1.64. The number of halogens is 1. The molecular weight excluding hydrogens is 374 g/mol. The third kappa shape index (κ3) is 3.02. The van der Waals surface area contributed by atoms with E-state index in [9.17, 15) is 8.42 Å². The van der Waals surface area contributed by atoms with E-state index in [1.54, 1.807) is 52.9 Å². The molecule has 3 aromatic rings. The number of hydrogen-bond donors (Lipinski definition) is 1. The maximum Gasteiger partial charge on any atom is 0.272 e. The van der Waals surface area contributed by atoms with E-state index in [0.717, 1.165) is 5.69 Å². The minimum Gasteiger partial charge on any atom is -0.306 e. The van der Waals surface area contributed by atoms with Crippen molar-refractivity contribution >= 4 is 43.0 Å². The first-order chi connectivity index (χ1) is 10.1. The first kappa shape index (κ1) is 14.3. The summed E-state index contributed by atoms with van der Waals surface area (Å²) in [5.41, 5.74) is 1.33. The van der Waals surface area contributed by atoms with E-state index in [1.165, 1.54) is 11.3 Å². The predicted molar refractivity (Wildman–Crippen MR) is 86.4 cm³/mol. The number of thiophene rings is 1. The third-order valence-corrected chi connectivity index (χ3v) is 6.78. The number of nitrogens with zero attached hydrogens (tertiary/aromatic N) is 2.